The van der Waals surface area contributed by atoms with Gasteiger partial charge in [0.05, 0.1) is 7.11 Å². The van der Waals surface area contributed by atoms with E-state index in [0.717, 1.165) is 28.0 Å². The van der Waals surface area contributed by atoms with E-state index in [-0.39, 0.29) is 11.8 Å². The second kappa shape index (κ2) is 13.8. The van der Waals surface area contributed by atoms with Gasteiger partial charge in [0.1, 0.15) is 11.8 Å². The van der Waals surface area contributed by atoms with E-state index in [1.165, 1.54) is 0 Å². The molecule has 5 heteroatoms. The number of amides is 2. The van der Waals surface area contributed by atoms with Gasteiger partial charge in [-0.1, -0.05) is 103 Å². The summed E-state index contributed by atoms with van der Waals surface area (Å²) < 4.78 is 5.24. The Balaban J connectivity index is 1.57. The molecule has 0 aliphatic heterocycles. The summed E-state index contributed by atoms with van der Waals surface area (Å²) in [6.45, 7) is 0.730. The average Bonchev–Trinajstić information content (AvgIpc) is 2.98. The lowest BCUT2D eigenvalue weighted by atomic mass is 10.0. The molecule has 0 aromatic heterocycles. The molecule has 4 aromatic rings. The standard InChI is InChI=1S/C33H34N2O3/c1-38-30-20-17-28(18-21-30)24-34-33(37)31(23-27-13-7-3-8-14-27)35(25-29-15-9-4-10-16-29)32(36)22-19-26-11-5-2-6-12-26/h2-18,20-21,31H,19,22-25H2,1H3,(H,34,37). The Kier molecular flexibility index (Phi) is 9.69. The molecule has 2 amide bonds. The van der Waals surface area contributed by atoms with Crippen molar-refractivity contribution in [3.05, 3.63) is 138 Å². The number of ether oxygens (including phenoxy) is 1. The molecule has 0 aliphatic rings. The number of rotatable bonds is 12. The molecule has 4 aromatic carbocycles. The highest BCUT2D eigenvalue weighted by Gasteiger charge is 2.30. The van der Waals surface area contributed by atoms with Crippen molar-refractivity contribution < 1.29 is 14.3 Å². The van der Waals surface area contributed by atoms with Gasteiger partial charge in [-0.05, 0) is 40.8 Å². The van der Waals surface area contributed by atoms with Crippen LogP contribution < -0.4 is 10.1 Å². The largest absolute Gasteiger partial charge is 0.497 e. The molecule has 194 valence electrons. The molecule has 0 heterocycles. The number of carbonyl (C=O) groups is 2. The van der Waals surface area contributed by atoms with Crippen molar-refractivity contribution in [1.82, 2.24) is 10.2 Å². The maximum absolute atomic E-state index is 13.7. The summed E-state index contributed by atoms with van der Waals surface area (Å²) in [6, 6.07) is 36.6. The van der Waals surface area contributed by atoms with Crippen LogP contribution in [-0.4, -0.2) is 29.9 Å². The van der Waals surface area contributed by atoms with Crippen LogP contribution in [-0.2, 0) is 35.5 Å². The van der Waals surface area contributed by atoms with Gasteiger partial charge in [0.25, 0.3) is 0 Å². The van der Waals surface area contributed by atoms with E-state index in [4.69, 9.17) is 4.74 Å². The Hall–Kier alpha value is -4.38. The zero-order chi connectivity index (χ0) is 26.6. The number of carbonyl (C=O) groups excluding carboxylic acids is 2. The summed E-state index contributed by atoms with van der Waals surface area (Å²) in [4.78, 5) is 29.2. The molecular weight excluding hydrogens is 472 g/mol. The van der Waals surface area contributed by atoms with Gasteiger partial charge in [-0.3, -0.25) is 9.59 Å². The molecule has 0 saturated heterocycles. The van der Waals surface area contributed by atoms with Gasteiger partial charge in [-0.25, -0.2) is 0 Å². The van der Waals surface area contributed by atoms with Crippen LogP contribution in [0.25, 0.3) is 0 Å². The lowest BCUT2D eigenvalue weighted by molar-refractivity contribution is -0.141. The topological polar surface area (TPSA) is 58.6 Å². The summed E-state index contributed by atoms with van der Waals surface area (Å²) in [5, 5.41) is 3.08. The minimum atomic E-state index is -0.654. The highest BCUT2D eigenvalue weighted by atomic mass is 16.5. The van der Waals surface area contributed by atoms with Crippen molar-refractivity contribution in [3.8, 4) is 5.75 Å². The second-order valence-corrected chi connectivity index (χ2v) is 9.26. The molecule has 5 nitrogen and oxygen atoms in total. The number of nitrogens with one attached hydrogen (secondary N) is 1. The molecule has 1 unspecified atom stereocenters. The molecule has 0 radical (unpaired) electrons. The zero-order valence-corrected chi connectivity index (χ0v) is 21.8. The van der Waals surface area contributed by atoms with Gasteiger partial charge in [0.2, 0.25) is 11.8 Å². The molecule has 38 heavy (non-hydrogen) atoms. The quantitative estimate of drug-likeness (QED) is 0.273. The highest BCUT2D eigenvalue weighted by Crippen LogP contribution is 2.18. The van der Waals surface area contributed by atoms with E-state index in [1.807, 2.05) is 115 Å². The van der Waals surface area contributed by atoms with E-state index in [2.05, 4.69) is 5.32 Å². The van der Waals surface area contributed by atoms with E-state index in [1.54, 1.807) is 12.0 Å². The van der Waals surface area contributed by atoms with Crippen LogP contribution in [0.3, 0.4) is 0 Å². The molecule has 1 N–H and O–H groups in total. The third kappa shape index (κ3) is 7.81. The van der Waals surface area contributed by atoms with Crippen LogP contribution >= 0.6 is 0 Å². The van der Waals surface area contributed by atoms with Crippen LogP contribution in [0.15, 0.2) is 115 Å². The first-order chi connectivity index (χ1) is 18.6. The molecule has 0 saturated carbocycles. The van der Waals surface area contributed by atoms with E-state index < -0.39 is 6.04 Å². The molecule has 0 aliphatic carbocycles. The first-order valence-electron chi connectivity index (χ1n) is 12.9. The van der Waals surface area contributed by atoms with Crippen LogP contribution in [0.1, 0.15) is 28.7 Å². The van der Waals surface area contributed by atoms with E-state index in [0.29, 0.717) is 32.4 Å². The van der Waals surface area contributed by atoms with Gasteiger partial charge in [0, 0.05) is 25.9 Å². The molecule has 0 bridgehead atoms. The Morgan fingerprint density at radius 3 is 1.84 bits per heavy atom. The van der Waals surface area contributed by atoms with Crippen molar-refractivity contribution >= 4 is 11.8 Å². The number of benzene rings is 4. The number of hydrogen-bond donors (Lipinski definition) is 1. The molecular formula is C33H34N2O3. The SMILES string of the molecule is COc1ccc(CNC(=O)C(Cc2ccccc2)N(Cc2ccccc2)C(=O)CCc2ccccc2)cc1. The third-order valence-corrected chi connectivity index (χ3v) is 6.56. The van der Waals surface area contributed by atoms with Crippen LogP contribution in [0, 0.1) is 0 Å². The normalized spacial score (nSPS) is 11.4. The Labute approximate surface area is 225 Å². The summed E-state index contributed by atoms with van der Waals surface area (Å²) in [7, 11) is 1.63. The maximum atomic E-state index is 13.7. The summed E-state index contributed by atoms with van der Waals surface area (Å²) in [5.41, 5.74) is 4.05. The summed E-state index contributed by atoms with van der Waals surface area (Å²) in [6.07, 6.45) is 1.38. The fourth-order valence-electron chi connectivity index (χ4n) is 4.42. The lowest BCUT2D eigenvalue weighted by Crippen LogP contribution is -2.50. The third-order valence-electron chi connectivity index (χ3n) is 6.56. The van der Waals surface area contributed by atoms with Crippen molar-refractivity contribution in [2.45, 2.75) is 38.4 Å². The van der Waals surface area contributed by atoms with E-state index >= 15 is 0 Å². The van der Waals surface area contributed by atoms with Crippen molar-refractivity contribution in [1.29, 1.82) is 0 Å². The molecule has 0 spiro atoms. The second-order valence-electron chi connectivity index (χ2n) is 9.26. The van der Waals surface area contributed by atoms with Gasteiger partial charge in [0.15, 0.2) is 0 Å². The minimum Gasteiger partial charge on any atom is -0.497 e. The first-order valence-corrected chi connectivity index (χ1v) is 12.9. The predicted octanol–water partition coefficient (Wildman–Crippen LogP) is 5.58. The van der Waals surface area contributed by atoms with Crippen molar-refractivity contribution in [2.24, 2.45) is 0 Å². The molecule has 4 rings (SSSR count). The summed E-state index contributed by atoms with van der Waals surface area (Å²) in [5.74, 6) is 0.548. The molecule has 0 fully saturated rings. The fraction of sp³-hybridized carbons (Fsp3) is 0.212. The summed E-state index contributed by atoms with van der Waals surface area (Å²) >= 11 is 0. The molecule has 1 atom stereocenters. The van der Waals surface area contributed by atoms with Crippen molar-refractivity contribution in [3.63, 3.8) is 0 Å². The van der Waals surface area contributed by atoms with Crippen molar-refractivity contribution in [2.75, 3.05) is 7.11 Å². The number of hydrogen-bond acceptors (Lipinski definition) is 3. The predicted molar refractivity (Wildman–Crippen MR) is 151 cm³/mol. The Morgan fingerprint density at radius 1 is 0.711 bits per heavy atom. The van der Waals surface area contributed by atoms with E-state index in [9.17, 15) is 9.59 Å². The number of nitrogens with zero attached hydrogens (tertiary/aromatic N) is 1. The smallest absolute Gasteiger partial charge is 0.243 e. The number of methoxy groups -OCH3 is 1. The minimum absolute atomic E-state index is 0.0433. The Bertz CT molecular complexity index is 1280. The van der Waals surface area contributed by atoms with Gasteiger partial charge < -0.3 is 15.0 Å². The van der Waals surface area contributed by atoms with Gasteiger partial charge in [-0.15, -0.1) is 0 Å². The van der Waals surface area contributed by atoms with Gasteiger partial charge >= 0.3 is 0 Å². The van der Waals surface area contributed by atoms with Crippen LogP contribution in [0.5, 0.6) is 5.75 Å². The van der Waals surface area contributed by atoms with Crippen LogP contribution in [0.2, 0.25) is 0 Å². The average molecular weight is 507 g/mol. The van der Waals surface area contributed by atoms with Gasteiger partial charge in [-0.2, -0.15) is 0 Å². The maximum Gasteiger partial charge on any atom is 0.243 e. The zero-order valence-electron chi connectivity index (χ0n) is 21.8. The monoisotopic (exact) mass is 506 g/mol. The van der Waals surface area contributed by atoms with Crippen LogP contribution in [0.4, 0.5) is 0 Å². The fourth-order valence-corrected chi connectivity index (χ4v) is 4.42. The number of aryl methyl sites for hydroxylation is 1. The highest BCUT2D eigenvalue weighted by molar-refractivity contribution is 5.88. The lowest BCUT2D eigenvalue weighted by Gasteiger charge is -2.31. The first kappa shape index (κ1) is 26.7. The Morgan fingerprint density at radius 2 is 1.26 bits per heavy atom.